The summed E-state index contributed by atoms with van der Waals surface area (Å²) in [5.41, 5.74) is 0.805. The van der Waals surface area contributed by atoms with E-state index in [-0.39, 0.29) is 23.7 Å². The maximum Gasteiger partial charge on any atom is 0.416 e. The fourth-order valence-electron chi connectivity index (χ4n) is 3.19. The molecule has 1 aliphatic rings. The number of aryl methyl sites for hydroxylation is 1. The Morgan fingerprint density at radius 1 is 0.759 bits per heavy atom. The molecule has 0 heterocycles. The van der Waals surface area contributed by atoms with Crippen molar-refractivity contribution in [1.29, 1.82) is 0 Å². The molecular weight excluding hydrogens is 385 g/mol. The van der Waals surface area contributed by atoms with Crippen LogP contribution < -0.4 is 0 Å². The molecule has 2 aromatic rings. The first-order chi connectivity index (χ1) is 13.7. The Kier molecular flexibility index (Phi) is 6.25. The van der Waals surface area contributed by atoms with Crippen molar-refractivity contribution in [2.24, 2.45) is 0 Å². The molecule has 0 aliphatic heterocycles. The van der Waals surface area contributed by atoms with Gasteiger partial charge in [-0.3, -0.25) is 0 Å². The van der Waals surface area contributed by atoms with Crippen LogP contribution in [0.2, 0.25) is 0 Å². The van der Waals surface area contributed by atoms with Crippen LogP contribution >= 0.6 is 0 Å². The zero-order valence-corrected chi connectivity index (χ0v) is 15.9. The maximum absolute atomic E-state index is 12.6. The van der Waals surface area contributed by atoms with E-state index in [0.717, 1.165) is 29.8 Å². The quantitative estimate of drug-likeness (QED) is 0.644. The summed E-state index contributed by atoms with van der Waals surface area (Å²) in [6.07, 6.45) is -2.87. The Hall–Kier alpha value is -2.83. The van der Waals surface area contributed by atoms with Crippen LogP contribution in [0.25, 0.3) is 0 Å². The van der Waals surface area contributed by atoms with E-state index < -0.39 is 17.7 Å². The van der Waals surface area contributed by atoms with E-state index >= 15 is 0 Å². The highest BCUT2D eigenvalue weighted by molar-refractivity contribution is 5.90. The molecule has 29 heavy (non-hydrogen) atoms. The largest absolute Gasteiger partial charge is 0.459 e. The van der Waals surface area contributed by atoms with Crippen LogP contribution in [0, 0.1) is 6.92 Å². The smallest absolute Gasteiger partial charge is 0.416 e. The molecule has 0 bridgehead atoms. The molecule has 0 radical (unpaired) electrons. The van der Waals surface area contributed by atoms with Crippen LogP contribution in [0.1, 0.15) is 57.5 Å². The first kappa shape index (κ1) is 20.9. The molecule has 1 fully saturated rings. The minimum atomic E-state index is -4.45. The summed E-state index contributed by atoms with van der Waals surface area (Å²) in [4.78, 5) is 24.3. The van der Waals surface area contributed by atoms with Gasteiger partial charge >= 0.3 is 18.1 Å². The lowest BCUT2D eigenvalue weighted by atomic mass is 9.94. The van der Waals surface area contributed by atoms with Crippen LogP contribution in [0.3, 0.4) is 0 Å². The number of ether oxygens (including phenoxy) is 2. The van der Waals surface area contributed by atoms with Crippen molar-refractivity contribution in [3.8, 4) is 0 Å². The molecule has 3 rings (SSSR count). The Morgan fingerprint density at radius 2 is 1.14 bits per heavy atom. The lowest BCUT2D eigenvalue weighted by Gasteiger charge is -2.28. The Balaban J connectivity index is 1.47. The van der Waals surface area contributed by atoms with Crippen LogP contribution in [0.4, 0.5) is 13.2 Å². The van der Waals surface area contributed by atoms with Crippen molar-refractivity contribution in [2.45, 2.75) is 51.0 Å². The molecule has 1 aliphatic carbocycles. The van der Waals surface area contributed by atoms with Gasteiger partial charge in [0.05, 0.1) is 16.7 Å². The fraction of sp³-hybridized carbons (Fsp3) is 0.364. The molecule has 0 amide bonds. The van der Waals surface area contributed by atoms with Gasteiger partial charge < -0.3 is 9.47 Å². The monoisotopic (exact) mass is 406 g/mol. The first-order valence-electron chi connectivity index (χ1n) is 9.38. The lowest BCUT2D eigenvalue weighted by Crippen LogP contribution is -2.29. The molecule has 2 aromatic carbocycles. The molecule has 0 saturated heterocycles. The number of halogens is 3. The SMILES string of the molecule is Cc1ccc(C(=O)OC2CCC(OC(=O)c3ccc(C(F)(F)F)cc3)CC2)cc1. The van der Waals surface area contributed by atoms with Gasteiger partial charge in [-0.15, -0.1) is 0 Å². The van der Waals surface area contributed by atoms with Crippen LogP contribution in [-0.2, 0) is 15.7 Å². The van der Waals surface area contributed by atoms with E-state index in [1.807, 2.05) is 19.1 Å². The Bertz CT molecular complexity index is 849. The number of hydrogen-bond acceptors (Lipinski definition) is 4. The third-order valence-electron chi connectivity index (χ3n) is 4.90. The number of rotatable bonds is 4. The first-order valence-corrected chi connectivity index (χ1v) is 9.38. The van der Waals surface area contributed by atoms with E-state index in [2.05, 4.69) is 0 Å². The van der Waals surface area contributed by atoms with Crippen molar-refractivity contribution < 1.29 is 32.2 Å². The molecule has 0 N–H and O–H groups in total. The molecule has 0 aromatic heterocycles. The summed E-state index contributed by atoms with van der Waals surface area (Å²) >= 11 is 0. The van der Waals surface area contributed by atoms with Crippen molar-refractivity contribution in [3.05, 3.63) is 70.8 Å². The Labute approximate surface area is 166 Å². The van der Waals surface area contributed by atoms with E-state index in [1.54, 1.807) is 12.1 Å². The summed E-state index contributed by atoms with van der Waals surface area (Å²) in [5, 5.41) is 0. The number of benzene rings is 2. The third kappa shape index (κ3) is 5.59. The van der Waals surface area contributed by atoms with Crippen molar-refractivity contribution in [1.82, 2.24) is 0 Å². The zero-order valence-electron chi connectivity index (χ0n) is 15.9. The predicted molar refractivity (Wildman–Crippen MR) is 99.5 cm³/mol. The Morgan fingerprint density at radius 3 is 1.52 bits per heavy atom. The maximum atomic E-state index is 12.6. The average Bonchev–Trinajstić information content (AvgIpc) is 2.69. The van der Waals surface area contributed by atoms with Gasteiger partial charge in [-0.2, -0.15) is 13.2 Å². The second-order valence-electron chi connectivity index (χ2n) is 7.15. The summed E-state index contributed by atoms with van der Waals surface area (Å²) in [5.74, 6) is -1.03. The highest BCUT2D eigenvalue weighted by Gasteiger charge is 2.31. The van der Waals surface area contributed by atoms with Gasteiger partial charge in [0.2, 0.25) is 0 Å². The minimum Gasteiger partial charge on any atom is -0.459 e. The van der Waals surface area contributed by atoms with E-state index in [9.17, 15) is 22.8 Å². The highest BCUT2D eigenvalue weighted by Crippen LogP contribution is 2.30. The molecular formula is C22H21F3O4. The normalized spacial score (nSPS) is 19.4. The van der Waals surface area contributed by atoms with Gasteiger partial charge in [0.25, 0.3) is 0 Å². The van der Waals surface area contributed by atoms with Crippen molar-refractivity contribution >= 4 is 11.9 Å². The zero-order chi connectivity index (χ0) is 21.0. The second kappa shape index (κ2) is 8.68. The van der Waals surface area contributed by atoms with E-state index in [4.69, 9.17) is 9.47 Å². The number of carbonyl (C=O) groups is 2. The summed E-state index contributed by atoms with van der Waals surface area (Å²) in [6, 6.07) is 11.1. The molecule has 154 valence electrons. The third-order valence-corrected chi connectivity index (χ3v) is 4.90. The van der Waals surface area contributed by atoms with Crippen molar-refractivity contribution in [3.63, 3.8) is 0 Å². The summed E-state index contributed by atoms with van der Waals surface area (Å²) in [6.45, 7) is 1.93. The minimum absolute atomic E-state index is 0.0749. The second-order valence-corrected chi connectivity index (χ2v) is 7.15. The van der Waals surface area contributed by atoms with E-state index in [0.29, 0.717) is 31.2 Å². The fourth-order valence-corrected chi connectivity index (χ4v) is 3.19. The van der Waals surface area contributed by atoms with Gasteiger partial charge in [0, 0.05) is 0 Å². The highest BCUT2D eigenvalue weighted by atomic mass is 19.4. The molecule has 7 heteroatoms. The lowest BCUT2D eigenvalue weighted by molar-refractivity contribution is -0.137. The standard InChI is InChI=1S/C22H21F3O4/c1-14-2-4-15(5-3-14)20(26)28-18-10-12-19(13-11-18)29-21(27)16-6-8-17(9-7-16)22(23,24)25/h2-9,18-19H,10-13H2,1H3. The molecule has 4 nitrogen and oxygen atoms in total. The van der Waals surface area contributed by atoms with Gasteiger partial charge in [0.15, 0.2) is 0 Å². The van der Waals surface area contributed by atoms with Crippen LogP contribution in [0.5, 0.6) is 0 Å². The topological polar surface area (TPSA) is 52.6 Å². The molecule has 0 atom stereocenters. The number of alkyl halides is 3. The molecule has 1 saturated carbocycles. The summed E-state index contributed by atoms with van der Waals surface area (Å²) in [7, 11) is 0. The summed E-state index contributed by atoms with van der Waals surface area (Å²) < 4.78 is 48.7. The molecule has 0 unspecified atom stereocenters. The van der Waals surface area contributed by atoms with Gasteiger partial charge in [0.1, 0.15) is 12.2 Å². The molecule has 0 spiro atoms. The van der Waals surface area contributed by atoms with Crippen molar-refractivity contribution in [2.75, 3.05) is 0 Å². The van der Waals surface area contributed by atoms with Gasteiger partial charge in [-0.05, 0) is 69.0 Å². The number of carbonyl (C=O) groups excluding carboxylic acids is 2. The van der Waals surface area contributed by atoms with Crippen LogP contribution in [0.15, 0.2) is 48.5 Å². The van der Waals surface area contributed by atoms with Gasteiger partial charge in [-0.1, -0.05) is 17.7 Å². The number of hydrogen-bond donors (Lipinski definition) is 0. The van der Waals surface area contributed by atoms with Gasteiger partial charge in [-0.25, -0.2) is 9.59 Å². The predicted octanol–water partition coefficient (Wildman–Crippen LogP) is 5.34. The van der Waals surface area contributed by atoms with Crippen LogP contribution in [-0.4, -0.2) is 24.1 Å². The number of esters is 2. The van der Waals surface area contributed by atoms with E-state index in [1.165, 1.54) is 0 Å². The average molecular weight is 406 g/mol.